The smallest absolute Gasteiger partial charge is 0.0585 e. The third-order valence-electron chi connectivity index (χ3n) is 9.66. The number of allylic oxidation sites excluding steroid dienone is 1. The van der Waals surface area contributed by atoms with Gasteiger partial charge in [-0.3, -0.25) is 0 Å². The summed E-state index contributed by atoms with van der Waals surface area (Å²) < 4.78 is 2.51. The Hall–Kier alpha value is -5.14. The van der Waals surface area contributed by atoms with Gasteiger partial charge in [-0.25, -0.2) is 0 Å². The Morgan fingerprint density at radius 2 is 1.22 bits per heavy atom. The third-order valence-corrected chi connectivity index (χ3v) is 9.66. The summed E-state index contributed by atoms with van der Waals surface area (Å²) in [5.74, 6) is 1.31. The van der Waals surface area contributed by atoms with Gasteiger partial charge in [-0.15, -0.1) is 0 Å². The van der Waals surface area contributed by atoms with Gasteiger partial charge in [-0.1, -0.05) is 139 Å². The van der Waals surface area contributed by atoms with Gasteiger partial charge < -0.3 is 4.57 Å². The summed E-state index contributed by atoms with van der Waals surface area (Å²) in [4.78, 5) is 0. The molecule has 9 rings (SSSR count). The Balaban J connectivity index is 0.000000186. The van der Waals surface area contributed by atoms with Crippen molar-refractivity contribution < 1.29 is 0 Å². The van der Waals surface area contributed by atoms with Crippen LogP contribution in [0.15, 0.2) is 146 Å². The molecule has 1 heteroatoms. The van der Waals surface area contributed by atoms with E-state index in [1.165, 1.54) is 72.9 Å². The van der Waals surface area contributed by atoms with Gasteiger partial charge in [-0.05, 0) is 103 Å². The Bertz CT molecular complexity index is 2160. The van der Waals surface area contributed by atoms with Crippen molar-refractivity contribution in [1.29, 1.82) is 0 Å². The highest BCUT2D eigenvalue weighted by molar-refractivity contribution is 6.06. The Morgan fingerprint density at radius 1 is 0.609 bits per heavy atom. The fourth-order valence-corrected chi connectivity index (χ4v) is 6.97. The standard InChI is InChI=1S/C30H23N.C8H10.C7H8/c1-18(2)19-11-14-21(15-12-19)31-27-10-6-5-9-24(27)29-26-17-25(26)23-16-13-20-7-3-4-8-22(20)28(23)30(29)31;1-7-5-3-4-6-8(7)2;1-7-5-3-2-4-6-7/h3-16,25-26H,1,17H2,2H3;3-6H,1-2H3;2-6H,1H3. The highest BCUT2D eigenvalue weighted by atomic mass is 15.0. The van der Waals surface area contributed by atoms with Crippen LogP contribution in [0.1, 0.15) is 58.6 Å². The molecule has 1 fully saturated rings. The van der Waals surface area contributed by atoms with Crippen molar-refractivity contribution >= 4 is 27.2 Å². The van der Waals surface area contributed by atoms with Crippen LogP contribution in [-0.2, 0) is 0 Å². The lowest BCUT2D eigenvalue weighted by Gasteiger charge is -2.22. The Kier molecular flexibility index (Phi) is 7.93. The summed E-state index contributed by atoms with van der Waals surface area (Å²) in [7, 11) is 0. The van der Waals surface area contributed by atoms with E-state index in [0.29, 0.717) is 11.8 Å². The molecule has 1 aromatic heterocycles. The Morgan fingerprint density at radius 3 is 1.85 bits per heavy atom. The predicted molar refractivity (Wildman–Crippen MR) is 198 cm³/mol. The minimum Gasteiger partial charge on any atom is -0.309 e. The van der Waals surface area contributed by atoms with Crippen molar-refractivity contribution in [3.63, 3.8) is 0 Å². The first-order valence-electron chi connectivity index (χ1n) is 16.4. The van der Waals surface area contributed by atoms with E-state index < -0.39 is 0 Å². The number of benzene rings is 6. The van der Waals surface area contributed by atoms with E-state index in [4.69, 9.17) is 0 Å². The minimum absolute atomic E-state index is 0.643. The summed E-state index contributed by atoms with van der Waals surface area (Å²) in [5, 5.41) is 4.10. The lowest BCUT2D eigenvalue weighted by molar-refractivity contribution is 0.992. The first kappa shape index (κ1) is 29.6. The van der Waals surface area contributed by atoms with Crippen molar-refractivity contribution in [1.82, 2.24) is 4.57 Å². The van der Waals surface area contributed by atoms with Gasteiger partial charge in [0.1, 0.15) is 0 Å². The molecule has 1 saturated carbocycles. The molecule has 226 valence electrons. The molecular weight excluding hydrogens is 555 g/mol. The highest BCUT2D eigenvalue weighted by Crippen LogP contribution is 2.65. The van der Waals surface area contributed by atoms with Crippen LogP contribution in [0.4, 0.5) is 0 Å². The van der Waals surface area contributed by atoms with Gasteiger partial charge in [0.15, 0.2) is 0 Å². The zero-order valence-electron chi connectivity index (χ0n) is 27.3. The molecule has 0 aliphatic heterocycles. The molecule has 2 aliphatic carbocycles. The molecule has 46 heavy (non-hydrogen) atoms. The summed E-state index contributed by atoms with van der Waals surface area (Å²) in [6.07, 6.45) is 1.26. The maximum Gasteiger partial charge on any atom is 0.0585 e. The molecule has 0 N–H and O–H groups in total. The minimum atomic E-state index is 0.643. The van der Waals surface area contributed by atoms with Crippen LogP contribution in [0.25, 0.3) is 44.2 Å². The SMILES string of the molecule is C=C(C)c1ccc(-n2c3c(c4ccccc42)C2CC2c2ccc4ccccc4c2-3)cc1.Cc1ccccc1.Cc1ccccc1C. The van der Waals surface area contributed by atoms with E-state index in [9.17, 15) is 0 Å². The summed E-state index contributed by atoms with van der Waals surface area (Å²) in [5.41, 5.74) is 14.8. The summed E-state index contributed by atoms with van der Waals surface area (Å²) >= 11 is 0. The second-order valence-corrected chi connectivity index (χ2v) is 12.9. The monoisotopic (exact) mass is 595 g/mol. The zero-order chi connectivity index (χ0) is 31.8. The normalized spacial score (nSPS) is 15.4. The van der Waals surface area contributed by atoms with Gasteiger partial charge in [0.2, 0.25) is 0 Å². The number of hydrogen-bond acceptors (Lipinski definition) is 0. The average Bonchev–Trinajstić information content (AvgIpc) is 3.81. The van der Waals surface area contributed by atoms with Crippen LogP contribution in [-0.4, -0.2) is 4.57 Å². The maximum atomic E-state index is 4.11. The number of aromatic nitrogens is 1. The second kappa shape index (κ2) is 12.3. The number of aryl methyl sites for hydroxylation is 3. The molecule has 2 unspecified atom stereocenters. The van der Waals surface area contributed by atoms with Crippen molar-refractivity contribution in [2.45, 2.75) is 46.0 Å². The van der Waals surface area contributed by atoms with E-state index in [2.05, 4.69) is 160 Å². The van der Waals surface area contributed by atoms with Gasteiger partial charge in [-0.2, -0.15) is 0 Å². The molecule has 0 bridgehead atoms. The molecule has 1 heterocycles. The van der Waals surface area contributed by atoms with Crippen molar-refractivity contribution in [2.24, 2.45) is 0 Å². The Labute approximate surface area is 273 Å². The molecule has 7 aromatic rings. The van der Waals surface area contributed by atoms with E-state index >= 15 is 0 Å². The van der Waals surface area contributed by atoms with Gasteiger partial charge in [0.05, 0.1) is 11.2 Å². The molecule has 0 radical (unpaired) electrons. The van der Waals surface area contributed by atoms with Crippen LogP contribution in [0.3, 0.4) is 0 Å². The van der Waals surface area contributed by atoms with Crippen molar-refractivity contribution in [3.05, 3.63) is 179 Å². The topological polar surface area (TPSA) is 4.93 Å². The average molecular weight is 596 g/mol. The summed E-state index contributed by atoms with van der Waals surface area (Å²) in [6.45, 7) is 12.5. The number of para-hydroxylation sites is 1. The van der Waals surface area contributed by atoms with Crippen LogP contribution >= 0.6 is 0 Å². The quantitative estimate of drug-likeness (QED) is 0.187. The molecule has 0 spiro atoms. The van der Waals surface area contributed by atoms with Crippen molar-refractivity contribution in [3.8, 4) is 16.9 Å². The van der Waals surface area contributed by atoms with Gasteiger partial charge in [0, 0.05) is 16.6 Å². The lowest BCUT2D eigenvalue weighted by atomic mass is 9.85. The third kappa shape index (κ3) is 5.48. The van der Waals surface area contributed by atoms with Crippen molar-refractivity contribution in [2.75, 3.05) is 0 Å². The van der Waals surface area contributed by atoms with Crippen LogP contribution in [0.2, 0.25) is 0 Å². The van der Waals surface area contributed by atoms with E-state index in [0.717, 1.165) is 5.57 Å². The molecule has 2 aliphatic rings. The molecule has 0 amide bonds. The van der Waals surface area contributed by atoms with Crippen LogP contribution in [0.5, 0.6) is 0 Å². The van der Waals surface area contributed by atoms with Crippen LogP contribution in [0, 0.1) is 20.8 Å². The summed E-state index contributed by atoms with van der Waals surface area (Å²) in [6, 6.07) is 50.0. The largest absolute Gasteiger partial charge is 0.309 e. The molecule has 1 nitrogen and oxygen atoms in total. The number of fused-ring (bicyclic) bond motifs is 10. The van der Waals surface area contributed by atoms with E-state index in [1.54, 1.807) is 5.56 Å². The number of rotatable bonds is 2. The number of hydrogen-bond donors (Lipinski definition) is 0. The molecular formula is C45H41N. The van der Waals surface area contributed by atoms with E-state index in [-0.39, 0.29) is 0 Å². The first-order chi connectivity index (χ1) is 22.4. The van der Waals surface area contributed by atoms with E-state index in [1.807, 2.05) is 18.2 Å². The molecule has 0 saturated heterocycles. The fraction of sp³-hybridized carbons (Fsp3) is 0.156. The highest BCUT2D eigenvalue weighted by Gasteiger charge is 2.48. The zero-order valence-corrected chi connectivity index (χ0v) is 27.3. The second-order valence-electron chi connectivity index (χ2n) is 12.9. The van der Waals surface area contributed by atoms with Crippen LogP contribution < -0.4 is 0 Å². The lowest BCUT2D eigenvalue weighted by Crippen LogP contribution is -2.04. The first-order valence-corrected chi connectivity index (χ1v) is 16.4. The predicted octanol–water partition coefficient (Wildman–Crippen LogP) is 12.4. The molecule has 2 atom stereocenters. The van der Waals surface area contributed by atoms with Gasteiger partial charge >= 0.3 is 0 Å². The molecule has 6 aromatic carbocycles. The fourth-order valence-electron chi connectivity index (χ4n) is 6.97. The van der Waals surface area contributed by atoms with Gasteiger partial charge in [0.25, 0.3) is 0 Å². The number of nitrogens with zero attached hydrogens (tertiary/aromatic N) is 1. The maximum absolute atomic E-state index is 4.11.